The molecule has 0 spiro atoms. The number of amides is 1. The van der Waals surface area contributed by atoms with Gasteiger partial charge in [0.15, 0.2) is 0 Å². The second kappa shape index (κ2) is 10.4. The van der Waals surface area contributed by atoms with Gasteiger partial charge in [-0.15, -0.1) is 0 Å². The lowest BCUT2D eigenvalue weighted by molar-refractivity contribution is -0.119. The van der Waals surface area contributed by atoms with Crippen molar-refractivity contribution in [2.45, 2.75) is 30.4 Å². The van der Waals surface area contributed by atoms with Crippen molar-refractivity contribution in [2.75, 3.05) is 17.4 Å². The first-order chi connectivity index (χ1) is 16.5. The molecule has 1 heterocycles. The van der Waals surface area contributed by atoms with Gasteiger partial charge in [-0.2, -0.15) is 5.26 Å². The summed E-state index contributed by atoms with van der Waals surface area (Å²) < 4.78 is 34.5. The molecule has 174 valence electrons. The largest absolute Gasteiger partial charge is 0.489 e. The molecule has 0 radical (unpaired) electrons. The minimum atomic E-state index is -3.88. The Morgan fingerprint density at radius 1 is 1.00 bits per heavy atom. The summed E-state index contributed by atoms with van der Waals surface area (Å²) in [6.45, 7) is 1.33. The summed E-state index contributed by atoms with van der Waals surface area (Å²) >= 11 is 0. The third kappa shape index (κ3) is 5.21. The van der Waals surface area contributed by atoms with Crippen molar-refractivity contribution in [1.82, 2.24) is 4.90 Å². The third-order valence-electron chi connectivity index (χ3n) is 5.79. The molecule has 0 aliphatic carbocycles. The van der Waals surface area contributed by atoms with Crippen molar-refractivity contribution in [3.8, 4) is 11.8 Å². The summed E-state index contributed by atoms with van der Waals surface area (Å²) in [7, 11) is -3.88. The minimum Gasteiger partial charge on any atom is -0.489 e. The highest BCUT2D eigenvalue weighted by Crippen LogP contribution is 2.31. The topological polar surface area (TPSA) is 90.7 Å². The zero-order valence-corrected chi connectivity index (χ0v) is 19.4. The number of nitriles is 1. The van der Waals surface area contributed by atoms with Crippen molar-refractivity contribution < 1.29 is 17.9 Å². The summed E-state index contributed by atoms with van der Waals surface area (Å²) in [4.78, 5) is 12.8. The van der Waals surface area contributed by atoms with Crippen LogP contribution in [0.15, 0.2) is 83.8 Å². The fraction of sp³-hybridized carbons (Fsp3) is 0.231. The third-order valence-corrected chi connectivity index (χ3v) is 7.58. The van der Waals surface area contributed by atoms with Gasteiger partial charge in [0.25, 0.3) is 10.0 Å². The molecule has 3 aromatic carbocycles. The molecule has 0 N–H and O–H groups in total. The molecule has 1 aliphatic rings. The molecule has 4 rings (SSSR count). The molecule has 0 atom stereocenters. The van der Waals surface area contributed by atoms with Crippen molar-refractivity contribution >= 4 is 22.1 Å². The molecule has 0 aromatic heterocycles. The van der Waals surface area contributed by atoms with Gasteiger partial charge < -0.3 is 9.64 Å². The van der Waals surface area contributed by atoms with E-state index in [9.17, 15) is 18.5 Å². The number of ether oxygens (including phenoxy) is 1. The van der Waals surface area contributed by atoms with E-state index in [1.54, 1.807) is 53.4 Å². The van der Waals surface area contributed by atoms with Gasteiger partial charge in [-0.3, -0.25) is 9.10 Å². The number of benzene rings is 3. The summed E-state index contributed by atoms with van der Waals surface area (Å²) in [6.07, 6.45) is 2.07. The predicted molar refractivity (Wildman–Crippen MR) is 129 cm³/mol. The first-order valence-electron chi connectivity index (χ1n) is 11.0. The maximum atomic E-state index is 13.6. The average Bonchev–Trinajstić information content (AvgIpc) is 2.89. The van der Waals surface area contributed by atoms with Crippen molar-refractivity contribution in [3.63, 3.8) is 0 Å². The van der Waals surface area contributed by atoms with Gasteiger partial charge in [0, 0.05) is 25.9 Å². The molecule has 1 fully saturated rings. The van der Waals surface area contributed by atoms with Crippen LogP contribution in [0.1, 0.15) is 24.0 Å². The van der Waals surface area contributed by atoms with Crippen LogP contribution in [0.2, 0.25) is 0 Å². The minimum absolute atomic E-state index is 0.109. The van der Waals surface area contributed by atoms with Crippen LogP contribution in [0.25, 0.3) is 0 Å². The highest BCUT2D eigenvalue weighted by atomic mass is 32.2. The van der Waals surface area contributed by atoms with Crippen molar-refractivity contribution in [3.05, 3.63) is 90.0 Å². The van der Waals surface area contributed by atoms with Crippen LogP contribution in [-0.4, -0.2) is 38.9 Å². The van der Waals surface area contributed by atoms with Crippen LogP contribution in [0, 0.1) is 11.3 Å². The number of likely N-dealkylation sites (tertiary alicyclic amines) is 1. The maximum Gasteiger partial charge on any atom is 0.264 e. The Morgan fingerprint density at radius 3 is 2.26 bits per heavy atom. The average molecular weight is 476 g/mol. The number of piperidine rings is 1. The monoisotopic (exact) mass is 475 g/mol. The maximum absolute atomic E-state index is 13.6. The number of rotatable bonds is 8. The molecule has 0 saturated carbocycles. The van der Waals surface area contributed by atoms with E-state index in [4.69, 9.17) is 4.74 Å². The molecular formula is C26H25N3O4S. The number of carbonyl (C=O) groups excluding carboxylic acids is 1. The molecule has 0 bridgehead atoms. The van der Waals surface area contributed by atoms with E-state index in [0.29, 0.717) is 37.4 Å². The second-order valence-electron chi connectivity index (χ2n) is 8.06. The first kappa shape index (κ1) is 23.3. The van der Waals surface area contributed by atoms with Gasteiger partial charge in [-0.05, 0) is 35.9 Å². The number of hydrogen-bond donors (Lipinski definition) is 0. The van der Waals surface area contributed by atoms with Crippen LogP contribution in [0.5, 0.6) is 5.75 Å². The Kier molecular flexibility index (Phi) is 7.14. The molecule has 3 aromatic rings. The van der Waals surface area contributed by atoms with Crippen LogP contribution in [0.3, 0.4) is 0 Å². The molecular weight excluding hydrogens is 450 g/mol. The van der Waals surface area contributed by atoms with Gasteiger partial charge in [0.05, 0.1) is 22.7 Å². The predicted octanol–water partition coefficient (Wildman–Crippen LogP) is 3.95. The van der Waals surface area contributed by atoms with Crippen molar-refractivity contribution in [1.29, 1.82) is 5.26 Å². The van der Waals surface area contributed by atoms with Gasteiger partial charge in [0.1, 0.15) is 17.9 Å². The van der Waals surface area contributed by atoms with Gasteiger partial charge in [-0.1, -0.05) is 48.5 Å². The zero-order chi connectivity index (χ0) is 24.0. The van der Waals surface area contributed by atoms with Crippen LogP contribution >= 0.6 is 0 Å². The number of carbonyl (C=O) groups is 1. The molecule has 8 heteroatoms. The number of hydrogen-bond acceptors (Lipinski definition) is 5. The normalized spacial score (nSPS) is 14.3. The van der Waals surface area contributed by atoms with E-state index < -0.39 is 10.0 Å². The lowest BCUT2D eigenvalue weighted by atomic mass is 10.1. The van der Waals surface area contributed by atoms with E-state index in [2.05, 4.69) is 6.07 Å². The standard InChI is InChI=1S/C26H25N3O4S/c27-18-22-17-23(11-12-26(22)33-24-13-15-28(20-30)16-14-24)29(19-21-7-3-1-4-8-21)34(31,32)25-9-5-2-6-10-25/h1-12,17,20,24H,13-16,19H2. The summed E-state index contributed by atoms with van der Waals surface area (Å²) in [5.74, 6) is 0.410. The summed E-state index contributed by atoms with van der Waals surface area (Å²) in [5, 5.41) is 9.79. The van der Waals surface area contributed by atoms with E-state index in [1.165, 1.54) is 4.31 Å². The highest BCUT2D eigenvalue weighted by molar-refractivity contribution is 7.92. The Labute approximate surface area is 199 Å². The van der Waals surface area contributed by atoms with E-state index in [1.807, 2.05) is 30.3 Å². The Bertz CT molecular complexity index is 1270. The summed E-state index contributed by atoms with van der Waals surface area (Å²) in [6, 6.07) is 24.6. The molecule has 1 aliphatic heterocycles. The quantitative estimate of drug-likeness (QED) is 0.460. The Balaban J connectivity index is 1.66. The number of sulfonamides is 1. The van der Waals surface area contributed by atoms with E-state index in [-0.39, 0.29) is 23.1 Å². The van der Waals surface area contributed by atoms with Crippen LogP contribution in [-0.2, 0) is 21.4 Å². The second-order valence-corrected chi connectivity index (χ2v) is 9.92. The summed E-state index contributed by atoms with van der Waals surface area (Å²) in [5.41, 5.74) is 1.46. The SMILES string of the molecule is N#Cc1cc(N(Cc2ccccc2)S(=O)(=O)c2ccccc2)ccc1OC1CCN(C=O)CC1. The van der Waals surface area contributed by atoms with Crippen LogP contribution < -0.4 is 9.04 Å². The number of nitrogens with zero attached hydrogens (tertiary/aromatic N) is 3. The lowest BCUT2D eigenvalue weighted by Gasteiger charge is -2.30. The van der Waals surface area contributed by atoms with Gasteiger partial charge in [-0.25, -0.2) is 8.42 Å². The molecule has 1 saturated heterocycles. The molecule has 7 nitrogen and oxygen atoms in total. The van der Waals surface area contributed by atoms with Crippen molar-refractivity contribution in [2.24, 2.45) is 0 Å². The fourth-order valence-corrected chi connectivity index (χ4v) is 5.39. The molecule has 34 heavy (non-hydrogen) atoms. The van der Waals surface area contributed by atoms with E-state index >= 15 is 0 Å². The Morgan fingerprint density at radius 2 is 1.65 bits per heavy atom. The zero-order valence-electron chi connectivity index (χ0n) is 18.6. The first-order valence-corrected chi connectivity index (χ1v) is 12.5. The lowest BCUT2D eigenvalue weighted by Crippen LogP contribution is -2.37. The van der Waals surface area contributed by atoms with Gasteiger partial charge >= 0.3 is 0 Å². The molecule has 1 amide bonds. The Hall–Kier alpha value is -3.83. The van der Waals surface area contributed by atoms with E-state index in [0.717, 1.165) is 12.0 Å². The fourth-order valence-electron chi connectivity index (χ4n) is 3.93. The number of anilines is 1. The highest BCUT2D eigenvalue weighted by Gasteiger charge is 2.27. The van der Waals surface area contributed by atoms with Gasteiger partial charge in [0.2, 0.25) is 6.41 Å². The molecule has 0 unspecified atom stereocenters. The smallest absolute Gasteiger partial charge is 0.264 e. The van der Waals surface area contributed by atoms with Crippen LogP contribution in [0.4, 0.5) is 5.69 Å².